The van der Waals surface area contributed by atoms with E-state index in [9.17, 15) is 4.79 Å². The monoisotopic (exact) mass is 416 g/mol. The molecule has 1 aliphatic rings. The number of rotatable bonds is 2. The van der Waals surface area contributed by atoms with Gasteiger partial charge in [0.1, 0.15) is 21.3 Å². The van der Waals surface area contributed by atoms with Crippen LogP contribution < -0.4 is 24.2 Å². The van der Waals surface area contributed by atoms with Crippen LogP contribution in [0.2, 0.25) is 5.02 Å². The highest BCUT2D eigenvalue weighted by molar-refractivity contribution is 8.08. The van der Waals surface area contributed by atoms with Crippen LogP contribution in [0.1, 0.15) is 12.6 Å². The molecule has 0 saturated carbocycles. The molecule has 0 radical (unpaired) electrons. The zero-order valence-electron chi connectivity index (χ0n) is 15.3. The lowest BCUT2D eigenvalue weighted by molar-refractivity contribution is -0.673. The predicted octanol–water partition coefficient (Wildman–Crippen LogP) is 2.54. The van der Waals surface area contributed by atoms with E-state index in [2.05, 4.69) is 17.0 Å². The average Bonchev–Trinajstić information content (AvgIpc) is 3.15. The highest BCUT2D eigenvalue weighted by Gasteiger charge is 2.24. The Kier molecular flexibility index (Phi) is 4.88. The summed E-state index contributed by atoms with van der Waals surface area (Å²) < 4.78 is 5.52. The van der Waals surface area contributed by atoms with Gasteiger partial charge in [0, 0.05) is 36.7 Å². The van der Waals surface area contributed by atoms with E-state index in [0.29, 0.717) is 11.6 Å². The van der Waals surface area contributed by atoms with Crippen LogP contribution >= 0.6 is 34.7 Å². The number of hydrogen-bond acceptors (Lipinski definition) is 4. The average molecular weight is 417 g/mol. The number of aryl methyl sites for hydroxylation is 1. The molecular weight excluding hydrogens is 398 g/mol. The fraction of sp³-hybridized carbons (Fsp3) is 0.200. The number of fused-ring (bicyclic) bond motifs is 1. The van der Waals surface area contributed by atoms with Gasteiger partial charge in [0.15, 0.2) is 6.20 Å². The van der Waals surface area contributed by atoms with Crippen molar-refractivity contribution in [2.75, 3.05) is 11.9 Å². The quantitative estimate of drug-likeness (QED) is 0.601. The number of aromatic nitrogens is 2. The van der Waals surface area contributed by atoms with Gasteiger partial charge in [0.25, 0.3) is 5.56 Å². The Labute approximate surface area is 170 Å². The maximum Gasteiger partial charge on any atom is 0.271 e. The topological polar surface area (TPSA) is 29.1 Å². The van der Waals surface area contributed by atoms with E-state index in [1.807, 2.05) is 66.7 Å². The van der Waals surface area contributed by atoms with Gasteiger partial charge in [-0.05, 0) is 19.1 Å². The maximum absolute atomic E-state index is 13.1. The van der Waals surface area contributed by atoms with Gasteiger partial charge >= 0.3 is 0 Å². The third kappa shape index (κ3) is 3.22. The lowest BCUT2D eigenvalue weighted by Crippen LogP contribution is -2.35. The second-order valence-electron chi connectivity index (χ2n) is 6.28. The number of benzene rings is 1. The van der Waals surface area contributed by atoms with Crippen LogP contribution in [-0.4, -0.2) is 11.6 Å². The SMILES string of the molecule is CCn1c(=O)/c(=C2\Sc3ccccc3N2C)s/c1=C\c1cc(Cl)cc[n+]1C. The molecule has 0 atom stereocenters. The van der Waals surface area contributed by atoms with Crippen LogP contribution in [0, 0.1) is 0 Å². The molecule has 2 aromatic heterocycles. The summed E-state index contributed by atoms with van der Waals surface area (Å²) in [5, 5.41) is 1.67. The van der Waals surface area contributed by atoms with Gasteiger partial charge in [0.05, 0.1) is 10.7 Å². The molecule has 27 heavy (non-hydrogen) atoms. The smallest absolute Gasteiger partial charge is 0.271 e. The van der Waals surface area contributed by atoms with E-state index in [1.165, 1.54) is 16.2 Å². The van der Waals surface area contributed by atoms with Crippen molar-refractivity contribution in [3.05, 3.63) is 72.9 Å². The first kappa shape index (κ1) is 18.3. The van der Waals surface area contributed by atoms with Crippen molar-refractivity contribution in [1.82, 2.24) is 4.57 Å². The molecule has 3 aromatic rings. The van der Waals surface area contributed by atoms with E-state index < -0.39 is 0 Å². The summed E-state index contributed by atoms with van der Waals surface area (Å²) in [5.41, 5.74) is 2.15. The third-order valence-electron chi connectivity index (χ3n) is 4.58. The minimum atomic E-state index is 0.0561. The number of thiazole rings is 1. The van der Waals surface area contributed by atoms with Crippen molar-refractivity contribution >= 4 is 51.5 Å². The van der Waals surface area contributed by atoms with Gasteiger partial charge in [-0.2, -0.15) is 0 Å². The van der Waals surface area contributed by atoms with E-state index in [0.717, 1.165) is 25.6 Å². The van der Waals surface area contributed by atoms with Crippen LogP contribution in [0.5, 0.6) is 0 Å². The lowest BCUT2D eigenvalue weighted by Gasteiger charge is -2.11. The summed E-state index contributed by atoms with van der Waals surface area (Å²) in [6, 6.07) is 12.0. The number of para-hydroxylation sites is 1. The number of anilines is 1. The molecule has 0 saturated heterocycles. The van der Waals surface area contributed by atoms with Crippen LogP contribution in [0.3, 0.4) is 0 Å². The second-order valence-corrected chi connectivity index (χ2v) is 8.78. The number of halogens is 1. The van der Waals surface area contributed by atoms with E-state index in [1.54, 1.807) is 11.8 Å². The highest BCUT2D eigenvalue weighted by Crippen LogP contribution is 2.44. The molecule has 0 aliphatic carbocycles. The fourth-order valence-electron chi connectivity index (χ4n) is 3.10. The fourth-order valence-corrected chi connectivity index (χ4v) is 5.73. The zero-order valence-corrected chi connectivity index (χ0v) is 17.7. The summed E-state index contributed by atoms with van der Waals surface area (Å²) in [6.07, 6.45) is 3.95. The summed E-state index contributed by atoms with van der Waals surface area (Å²) in [7, 11) is 3.99. The minimum Gasteiger partial charge on any atom is -0.337 e. The standard InChI is InChI=1S/C20H19ClN3OS2/c1-4-24-17(12-14-11-13(21)9-10-22(14)2)27-18(19(24)25)20-23(3)15-7-5-6-8-16(15)26-20/h5-12H,4H2,1-3H3/q+1/b20-18+. The normalized spacial score (nSPS) is 16.1. The first-order chi connectivity index (χ1) is 13.0. The van der Waals surface area contributed by atoms with E-state index >= 15 is 0 Å². The molecule has 0 N–H and O–H groups in total. The Morgan fingerprint density at radius 3 is 2.78 bits per heavy atom. The van der Waals surface area contributed by atoms with Crippen molar-refractivity contribution in [2.24, 2.45) is 7.05 Å². The molecule has 4 rings (SSSR count). The largest absolute Gasteiger partial charge is 0.337 e. The Hall–Kier alpha value is -2.02. The molecule has 0 spiro atoms. The molecule has 138 valence electrons. The molecule has 0 bridgehead atoms. The lowest BCUT2D eigenvalue weighted by atomic mass is 10.3. The summed E-state index contributed by atoms with van der Waals surface area (Å²) >= 11 is 9.34. The van der Waals surface area contributed by atoms with Gasteiger partial charge in [-0.3, -0.25) is 9.36 Å². The summed E-state index contributed by atoms with van der Waals surface area (Å²) in [6.45, 7) is 2.62. The Morgan fingerprint density at radius 2 is 2.04 bits per heavy atom. The van der Waals surface area contributed by atoms with Crippen molar-refractivity contribution in [3.63, 3.8) is 0 Å². The molecule has 1 aliphatic heterocycles. The first-order valence-electron chi connectivity index (χ1n) is 8.61. The Morgan fingerprint density at radius 1 is 1.26 bits per heavy atom. The van der Waals surface area contributed by atoms with Crippen LogP contribution in [0.25, 0.3) is 11.1 Å². The first-order valence-corrected chi connectivity index (χ1v) is 10.6. The molecule has 0 fully saturated rings. The van der Waals surface area contributed by atoms with Crippen LogP contribution in [0.4, 0.5) is 5.69 Å². The van der Waals surface area contributed by atoms with Gasteiger partial charge in [-0.25, -0.2) is 4.57 Å². The summed E-state index contributed by atoms with van der Waals surface area (Å²) in [4.78, 5) is 16.4. The summed E-state index contributed by atoms with van der Waals surface area (Å²) in [5.74, 6) is 0. The Balaban J connectivity index is 1.95. The predicted molar refractivity (Wildman–Crippen MR) is 114 cm³/mol. The molecular formula is C20H19ClN3OS2+. The number of hydrogen-bond donors (Lipinski definition) is 0. The van der Waals surface area contributed by atoms with Gasteiger partial charge in [-0.15, -0.1) is 11.3 Å². The number of nitrogens with zero attached hydrogens (tertiary/aromatic N) is 3. The number of pyridine rings is 1. The number of thioether (sulfide) groups is 1. The maximum atomic E-state index is 13.1. The molecule has 7 heteroatoms. The van der Waals surface area contributed by atoms with E-state index in [-0.39, 0.29) is 5.56 Å². The zero-order chi connectivity index (χ0) is 19.1. The van der Waals surface area contributed by atoms with Crippen molar-refractivity contribution in [3.8, 4) is 0 Å². The van der Waals surface area contributed by atoms with Gasteiger partial charge < -0.3 is 4.90 Å². The molecule has 4 nitrogen and oxygen atoms in total. The Bertz CT molecular complexity index is 1210. The van der Waals surface area contributed by atoms with Gasteiger partial charge in [-0.1, -0.05) is 35.5 Å². The van der Waals surface area contributed by atoms with Gasteiger partial charge in [0.2, 0.25) is 5.69 Å². The molecule has 0 amide bonds. The van der Waals surface area contributed by atoms with Crippen molar-refractivity contribution < 1.29 is 4.57 Å². The third-order valence-corrected chi connectivity index (χ3v) is 7.30. The molecule has 3 heterocycles. The van der Waals surface area contributed by atoms with Crippen LogP contribution in [-0.2, 0) is 13.6 Å². The second kappa shape index (κ2) is 7.19. The van der Waals surface area contributed by atoms with Crippen LogP contribution in [0.15, 0.2) is 52.3 Å². The van der Waals surface area contributed by atoms with Crippen molar-refractivity contribution in [1.29, 1.82) is 0 Å². The highest BCUT2D eigenvalue weighted by atomic mass is 35.5. The van der Waals surface area contributed by atoms with E-state index in [4.69, 9.17) is 11.6 Å². The van der Waals surface area contributed by atoms with Crippen molar-refractivity contribution in [2.45, 2.75) is 18.4 Å². The minimum absolute atomic E-state index is 0.0561. The molecule has 0 unspecified atom stereocenters. The molecule has 1 aromatic carbocycles.